The lowest BCUT2D eigenvalue weighted by Gasteiger charge is -2.05. The summed E-state index contributed by atoms with van der Waals surface area (Å²) in [6, 6.07) is 5.25. The molecule has 1 aromatic carbocycles. The summed E-state index contributed by atoms with van der Waals surface area (Å²) in [6.45, 7) is 0. The van der Waals surface area contributed by atoms with Gasteiger partial charge in [-0.1, -0.05) is 12.1 Å². The number of methoxy groups -OCH3 is 1. The van der Waals surface area contributed by atoms with Crippen molar-refractivity contribution in [3.05, 3.63) is 23.8 Å². The van der Waals surface area contributed by atoms with Gasteiger partial charge >= 0.3 is 0 Å². The average Bonchev–Trinajstić information content (AvgIpc) is 2.52. The molecular formula is C10H9NO3. The SMILES string of the molecule is COc1cccc2c1NC(=O)[C@H]2C=O. The number of carbonyl (C=O) groups excluding carboxylic acids is 2. The highest BCUT2D eigenvalue weighted by Gasteiger charge is 2.31. The van der Waals surface area contributed by atoms with E-state index in [1.807, 2.05) is 0 Å². The number of amides is 1. The molecule has 0 fully saturated rings. The Kier molecular flexibility index (Phi) is 1.96. The van der Waals surface area contributed by atoms with Crippen molar-refractivity contribution in [2.45, 2.75) is 5.92 Å². The molecular weight excluding hydrogens is 182 g/mol. The van der Waals surface area contributed by atoms with Crippen LogP contribution in [0.2, 0.25) is 0 Å². The molecule has 1 N–H and O–H groups in total. The maximum Gasteiger partial charge on any atom is 0.239 e. The first-order valence-corrected chi connectivity index (χ1v) is 4.21. The van der Waals surface area contributed by atoms with E-state index in [-0.39, 0.29) is 5.91 Å². The Hall–Kier alpha value is -1.84. The van der Waals surface area contributed by atoms with E-state index in [4.69, 9.17) is 4.74 Å². The van der Waals surface area contributed by atoms with Crippen LogP contribution in [0.15, 0.2) is 18.2 Å². The lowest BCUT2D eigenvalue weighted by atomic mass is 10.0. The minimum absolute atomic E-state index is 0.292. The number of hydrogen-bond acceptors (Lipinski definition) is 3. The summed E-state index contributed by atoms with van der Waals surface area (Å²) in [6.07, 6.45) is 0.639. The Morgan fingerprint density at radius 1 is 1.50 bits per heavy atom. The van der Waals surface area contributed by atoms with Gasteiger partial charge in [0.2, 0.25) is 5.91 Å². The normalized spacial score (nSPS) is 18.6. The molecule has 1 heterocycles. The molecule has 0 radical (unpaired) electrons. The van der Waals surface area contributed by atoms with Crippen LogP contribution < -0.4 is 10.1 Å². The Morgan fingerprint density at radius 3 is 2.93 bits per heavy atom. The summed E-state index contributed by atoms with van der Waals surface area (Å²) in [4.78, 5) is 22.0. The number of fused-ring (bicyclic) bond motifs is 1. The number of aldehydes is 1. The minimum Gasteiger partial charge on any atom is -0.495 e. The summed E-state index contributed by atoms with van der Waals surface area (Å²) >= 11 is 0. The summed E-state index contributed by atoms with van der Waals surface area (Å²) in [5.74, 6) is -0.403. The minimum atomic E-state index is -0.694. The standard InChI is InChI=1S/C10H9NO3/c1-14-8-4-2-3-6-7(5-12)10(13)11-9(6)8/h2-5,7H,1H3,(H,11,13)/t7-/m0/s1. The van der Waals surface area contributed by atoms with Crippen LogP contribution in [0.3, 0.4) is 0 Å². The number of ether oxygens (including phenoxy) is 1. The van der Waals surface area contributed by atoms with Gasteiger partial charge in [-0.15, -0.1) is 0 Å². The second-order valence-electron chi connectivity index (χ2n) is 3.03. The van der Waals surface area contributed by atoms with Crippen LogP contribution in [0, 0.1) is 0 Å². The Balaban J connectivity index is 2.56. The number of hydrogen-bond donors (Lipinski definition) is 1. The van der Waals surface area contributed by atoms with E-state index in [1.54, 1.807) is 18.2 Å². The van der Waals surface area contributed by atoms with E-state index < -0.39 is 5.92 Å². The molecule has 1 atom stereocenters. The van der Waals surface area contributed by atoms with E-state index in [9.17, 15) is 9.59 Å². The van der Waals surface area contributed by atoms with Crippen LogP contribution in [0.1, 0.15) is 11.5 Å². The molecule has 0 spiro atoms. The van der Waals surface area contributed by atoms with Crippen molar-refractivity contribution in [1.82, 2.24) is 0 Å². The van der Waals surface area contributed by atoms with Gasteiger partial charge in [0.25, 0.3) is 0 Å². The number of carbonyl (C=O) groups is 2. The molecule has 1 aliphatic heterocycles. The highest BCUT2D eigenvalue weighted by Crippen LogP contribution is 2.37. The Labute approximate surface area is 80.9 Å². The molecule has 72 valence electrons. The fourth-order valence-corrected chi connectivity index (χ4v) is 1.59. The van der Waals surface area contributed by atoms with E-state index in [0.29, 0.717) is 23.3 Å². The first-order chi connectivity index (χ1) is 6.77. The van der Waals surface area contributed by atoms with E-state index in [0.717, 1.165) is 0 Å². The summed E-state index contributed by atoms with van der Waals surface area (Å²) in [7, 11) is 1.52. The molecule has 4 heteroatoms. The third-order valence-corrected chi connectivity index (χ3v) is 2.28. The molecule has 0 unspecified atom stereocenters. The number of para-hydroxylation sites is 1. The monoisotopic (exact) mass is 191 g/mol. The van der Waals surface area contributed by atoms with Crippen molar-refractivity contribution in [3.63, 3.8) is 0 Å². The van der Waals surface area contributed by atoms with Crippen LogP contribution in [0.4, 0.5) is 5.69 Å². The Bertz CT molecular complexity index is 400. The smallest absolute Gasteiger partial charge is 0.239 e. The van der Waals surface area contributed by atoms with Crippen LogP contribution in [0.25, 0.3) is 0 Å². The summed E-state index contributed by atoms with van der Waals surface area (Å²) in [5, 5.41) is 2.62. The third kappa shape index (κ3) is 1.08. The lowest BCUT2D eigenvalue weighted by molar-refractivity contribution is -0.121. The van der Waals surface area contributed by atoms with E-state index >= 15 is 0 Å². The summed E-state index contributed by atoms with van der Waals surface area (Å²) in [5.41, 5.74) is 1.29. The van der Waals surface area contributed by atoms with Gasteiger partial charge in [-0.05, 0) is 11.6 Å². The maximum absolute atomic E-state index is 11.3. The number of rotatable bonds is 2. The van der Waals surface area contributed by atoms with Crippen molar-refractivity contribution < 1.29 is 14.3 Å². The molecule has 1 aromatic rings. The zero-order valence-electron chi connectivity index (χ0n) is 7.61. The lowest BCUT2D eigenvalue weighted by Crippen LogP contribution is -2.12. The molecule has 4 nitrogen and oxygen atoms in total. The molecule has 1 aliphatic rings. The third-order valence-electron chi connectivity index (χ3n) is 2.28. The van der Waals surface area contributed by atoms with Gasteiger partial charge in [0.1, 0.15) is 18.0 Å². The number of benzene rings is 1. The zero-order valence-corrected chi connectivity index (χ0v) is 7.61. The topological polar surface area (TPSA) is 55.4 Å². The van der Waals surface area contributed by atoms with Crippen molar-refractivity contribution in [2.24, 2.45) is 0 Å². The van der Waals surface area contributed by atoms with Crippen LogP contribution in [-0.2, 0) is 9.59 Å². The van der Waals surface area contributed by atoms with Gasteiger partial charge in [0.15, 0.2) is 0 Å². The molecule has 0 aliphatic carbocycles. The quantitative estimate of drug-likeness (QED) is 0.558. The van der Waals surface area contributed by atoms with Gasteiger partial charge in [-0.3, -0.25) is 4.79 Å². The van der Waals surface area contributed by atoms with E-state index in [1.165, 1.54) is 7.11 Å². The van der Waals surface area contributed by atoms with Crippen molar-refractivity contribution in [2.75, 3.05) is 12.4 Å². The van der Waals surface area contributed by atoms with Crippen molar-refractivity contribution in [3.8, 4) is 5.75 Å². The summed E-state index contributed by atoms with van der Waals surface area (Å²) < 4.78 is 5.07. The molecule has 1 amide bonds. The fourth-order valence-electron chi connectivity index (χ4n) is 1.59. The predicted octanol–water partition coefficient (Wildman–Crippen LogP) is 0.930. The van der Waals surface area contributed by atoms with Gasteiger partial charge in [-0.25, -0.2) is 0 Å². The Morgan fingerprint density at radius 2 is 2.29 bits per heavy atom. The number of nitrogens with one attached hydrogen (secondary N) is 1. The highest BCUT2D eigenvalue weighted by atomic mass is 16.5. The average molecular weight is 191 g/mol. The largest absolute Gasteiger partial charge is 0.495 e. The van der Waals surface area contributed by atoms with Crippen molar-refractivity contribution in [1.29, 1.82) is 0 Å². The molecule has 0 bridgehead atoms. The van der Waals surface area contributed by atoms with Gasteiger partial charge in [0, 0.05) is 0 Å². The van der Waals surface area contributed by atoms with Gasteiger partial charge in [-0.2, -0.15) is 0 Å². The van der Waals surface area contributed by atoms with Crippen molar-refractivity contribution >= 4 is 17.9 Å². The predicted molar refractivity (Wildman–Crippen MR) is 50.4 cm³/mol. The zero-order chi connectivity index (χ0) is 10.1. The maximum atomic E-state index is 11.3. The number of anilines is 1. The van der Waals surface area contributed by atoms with Gasteiger partial charge in [0.05, 0.1) is 12.8 Å². The van der Waals surface area contributed by atoms with Gasteiger partial charge < -0.3 is 14.8 Å². The molecule has 2 rings (SSSR count). The molecule has 14 heavy (non-hydrogen) atoms. The molecule has 0 saturated heterocycles. The van der Waals surface area contributed by atoms with Crippen LogP contribution in [0.5, 0.6) is 5.75 Å². The molecule has 0 saturated carbocycles. The first kappa shape index (κ1) is 8.74. The second-order valence-corrected chi connectivity index (χ2v) is 3.03. The van der Waals surface area contributed by atoms with Crippen LogP contribution in [-0.4, -0.2) is 19.3 Å². The first-order valence-electron chi connectivity index (χ1n) is 4.21. The molecule has 0 aromatic heterocycles. The highest BCUT2D eigenvalue weighted by molar-refractivity contribution is 6.12. The van der Waals surface area contributed by atoms with Crippen LogP contribution >= 0.6 is 0 Å². The second kappa shape index (κ2) is 3.14. The van der Waals surface area contributed by atoms with E-state index in [2.05, 4.69) is 5.32 Å². The fraction of sp³-hybridized carbons (Fsp3) is 0.200.